The van der Waals surface area contributed by atoms with Crippen LogP contribution in [0, 0.1) is 0 Å². The number of hydrogen-bond donors (Lipinski definition) is 2. The van der Waals surface area contributed by atoms with Gasteiger partial charge in [0.2, 0.25) is 0 Å². The van der Waals surface area contributed by atoms with E-state index in [0.717, 1.165) is 17.3 Å². The molecule has 0 aliphatic rings. The summed E-state index contributed by atoms with van der Waals surface area (Å²) in [5.41, 5.74) is 8.30. The van der Waals surface area contributed by atoms with Crippen molar-refractivity contribution in [3.8, 4) is 0 Å². The third-order valence-electron chi connectivity index (χ3n) is 3.30. The van der Waals surface area contributed by atoms with E-state index in [4.69, 9.17) is 5.73 Å². The zero-order valence-electron chi connectivity index (χ0n) is 13.4. The summed E-state index contributed by atoms with van der Waals surface area (Å²) in [6.45, 7) is 10.7. The first-order chi connectivity index (χ1) is 9.75. The van der Waals surface area contributed by atoms with Crippen LogP contribution in [0.1, 0.15) is 51.9 Å². The molecule has 0 spiro atoms. The Morgan fingerprint density at radius 2 is 1.67 bits per heavy atom. The number of hydrogen-bond acceptors (Lipinski definition) is 4. The molecule has 0 unspecified atom stereocenters. The first-order valence-electron chi connectivity index (χ1n) is 7.28. The normalized spacial score (nSPS) is 11.7. The van der Waals surface area contributed by atoms with Crippen LogP contribution in [-0.4, -0.2) is 9.97 Å². The lowest BCUT2D eigenvalue weighted by Crippen LogP contribution is -2.10. The van der Waals surface area contributed by atoms with Crippen LogP contribution in [0.5, 0.6) is 0 Å². The number of aromatic nitrogens is 2. The van der Waals surface area contributed by atoms with Gasteiger partial charge in [0.25, 0.3) is 0 Å². The lowest BCUT2D eigenvalue weighted by Gasteiger charge is -2.19. The van der Waals surface area contributed by atoms with Crippen molar-refractivity contribution in [1.82, 2.24) is 9.97 Å². The minimum atomic E-state index is 0.155. The monoisotopic (exact) mass is 284 g/mol. The summed E-state index contributed by atoms with van der Waals surface area (Å²) in [4.78, 5) is 8.75. The Morgan fingerprint density at radius 3 is 2.19 bits per heavy atom. The molecule has 0 fully saturated rings. The van der Waals surface area contributed by atoms with Crippen LogP contribution in [-0.2, 0) is 5.41 Å². The van der Waals surface area contributed by atoms with Gasteiger partial charge in [0, 0.05) is 17.7 Å². The molecule has 0 saturated carbocycles. The third-order valence-corrected chi connectivity index (χ3v) is 3.30. The molecule has 4 nitrogen and oxygen atoms in total. The maximum absolute atomic E-state index is 5.84. The van der Waals surface area contributed by atoms with Crippen molar-refractivity contribution in [3.05, 3.63) is 41.7 Å². The fraction of sp³-hybridized carbons (Fsp3) is 0.412. The number of nitrogen functional groups attached to an aromatic ring is 1. The highest BCUT2D eigenvalue weighted by atomic mass is 15.1. The van der Waals surface area contributed by atoms with Gasteiger partial charge in [-0.25, -0.2) is 9.97 Å². The van der Waals surface area contributed by atoms with Crippen LogP contribution in [0.4, 0.5) is 17.3 Å². The summed E-state index contributed by atoms with van der Waals surface area (Å²) in [6, 6.07) is 10.2. The molecule has 0 saturated heterocycles. The quantitative estimate of drug-likeness (QED) is 0.885. The molecule has 0 radical (unpaired) electrons. The second-order valence-electron chi connectivity index (χ2n) is 6.64. The summed E-state index contributed by atoms with van der Waals surface area (Å²) in [5, 5.41) is 3.29. The third kappa shape index (κ3) is 3.94. The van der Waals surface area contributed by atoms with E-state index in [-0.39, 0.29) is 11.3 Å². The average Bonchev–Trinajstić information content (AvgIpc) is 2.37. The van der Waals surface area contributed by atoms with Gasteiger partial charge < -0.3 is 11.1 Å². The average molecular weight is 284 g/mol. The van der Waals surface area contributed by atoms with Gasteiger partial charge in [-0.2, -0.15) is 0 Å². The van der Waals surface area contributed by atoms with E-state index in [1.54, 1.807) is 6.07 Å². The van der Waals surface area contributed by atoms with Gasteiger partial charge in [-0.3, -0.25) is 0 Å². The second-order valence-corrected chi connectivity index (χ2v) is 6.64. The fourth-order valence-corrected chi connectivity index (χ4v) is 2.01. The van der Waals surface area contributed by atoms with Crippen LogP contribution < -0.4 is 11.1 Å². The maximum Gasteiger partial charge on any atom is 0.136 e. The van der Waals surface area contributed by atoms with Crippen LogP contribution in [0.2, 0.25) is 0 Å². The molecule has 1 aromatic heterocycles. The van der Waals surface area contributed by atoms with E-state index in [1.165, 1.54) is 5.56 Å². The zero-order valence-corrected chi connectivity index (χ0v) is 13.4. The number of rotatable bonds is 3. The van der Waals surface area contributed by atoms with E-state index in [9.17, 15) is 0 Å². The highest BCUT2D eigenvalue weighted by molar-refractivity contribution is 5.59. The van der Waals surface area contributed by atoms with Crippen molar-refractivity contribution >= 4 is 17.3 Å². The molecule has 1 aromatic carbocycles. The molecular formula is C17H24N4. The zero-order chi connectivity index (χ0) is 15.6. The predicted octanol–water partition coefficient (Wildman–Crippen LogP) is 4.22. The summed E-state index contributed by atoms with van der Waals surface area (Å²) < 4.78 is 0. The van der Waals surface area contributed by atoms with Crippen molar-refractivity contribution in [2.75, 3.05) is 11.1 Å². The minimum absolute atomic E-state index is 0.155. The molecule has 3 N–H and O–H groups in total. The lowest BCUT2D eigenvalue weighted by molar-refractivity contribution is 0.590. The molecule has 4 heteroatoms. The summed E-state index contributed by atoms with van der Waals surface area (Å²) >= 11 is 0. The Labute approximate surface area is 126 Å². The predicted molar refractivity (Wildman–Crippen MR) is 89.0 cm³/mol. The van der Waals surface area contributed by atoms with Gasteiger partial charge in [0.1, 0.15) is 17.5 Å². The smallest absolute Gasteiger partial charge is 0.136 e. The number of nitrogens with one attached hydrogen (secondary N) is 1. The molecule has 0 amide bonds. The Hall–Kier alpha value is -2.10. The molecule has 2 aromatic rings. The van der Waals surface area contributed by atoms with Crippen molar-refractivity contribution in [2.45, 2.75) is 46.0 Å². The fourth-order valence-electron chi connectivity index (χ4n) is 2.01. The SMILES string of the molecule is CC(C)c1nc(N)cc(Nc2ccc(C(C)(C)C)cc2)n1. The molecule has 0 aliphatic carbocycles. The number of nitrogens with two attached hydrogens (primary N) is 1. The summed E-state index contributed by atoms with van der Waals surface area (Å²) in [7, 11) is 0. The first-order valence-corrected chi connectivity index (χ1v) is 7.28. The Kier molecular flexibility index (Phi) is 4.16. The second kappa shape index (κ2) is 5.72. The Bertz CT molecular complexity index is 610. The number of anilines is 3. The summed E-state index contributed by atoms with van der Waals surface area (Å²) in [6.07, 6.45) is 0. The van der Waals surface area contributed by atoms with Crippen molar-refractivity contribution in [1.29, 1.82) is 0 Å². The van der Waals surface area contributed by atoms with E-state index < -0.39 is 0 Å². The van der Waals surface area contributed by atoms with E-state index in [2.05, 4.69) is 74.2 Å². The molecule has 21 heavy (non-hydrogen) atoms. The molecule has 0 aliphatic heterocycles. The van der Waals surface area contributed by atoms with Gasteiger partial charge in [-0.15, -0.1) is 0 Å². The van der Waals surface area contributed by atoms with Gasteiger partial charge in [0.15, 0.2) is 0 Å². The largest absolute Gasteiger partial charge is 0.384 e. The van der Waals surface area contributed by atoms with Crippen molar-refractivity contribution in [3.63, 3.8) is 0 Å². The van der Waals surface area contributed by atoms with Crippen LogP contribution in [0.25, 0.3) is 0 Å². The van der Waals surface area contributed by atoms with Crippen molar-refractivity contribution < 1.29 is 0 Å². The van der Waals surface area contributed by atoms with Crippen LogP contribution >= 0.6 is 0 Å². The molecule has 0 bridgehead atoms. The molecular weight excluding hydrogens is 260 g/mol. The van der Waals surface area contributed by atoms with Gasteiger partial charge in [-0.05, 0) is 23.1 Å². The number of benzene rings is 1. The Morgan fingerprint density at radius 1 is 1.05 bits per heavy atom. The van der Waals surface area contributed by atoms with Crippen LogP contribution in [0.3, 0.4) is 0 Å². The minimum Gasteiger partial charge on any atom is -0.384 e. The summed E-state index contributed by atoms with van der Waals surface area (Å²) in [5.74, 6) is 2.22. The topological polar surface area (TPSA) is 63.8 Å². The molecule has 112 valence electrons. The highest BCUT2D eigenvalue weighted by Gasteiger charge is 2.13. The maximum atomic E-state index is 5.84. The molecule has 1 heterocycles. The number of nitrogens with zero attached hydrogens (tertiary/aromatic N) is 2. The van der Waals surface area contributed by atoms with E-state index in [0.29, 0.717) is 5.82 Å². The van der Waals surface area contributed by atoms with Crippen molar-refractivity contribution in [2.24, 2.45) is 0 Å². The van der Waals surface area contributed by atoms with Gasteiger partial charge in [-0.1, -0.05) is 46.8 Å². The Balaban J connectivity index is 2.22. The van der Waals surface area contributed by atoms with Gasteiger partial charge in [0.05, 0.1) is 0 Å². The van der Waals surface area contributed by atoms with E-state index in [1.807, 2.05) is 0 Å². The van der Waals surface area contributed by atoms with E-state index >= 15 is 0 Å². The molecule has 2 rings (SSSR count). The first kappa shape index (κ1) is 15.3. The lowest BCUT2D eigenvalue weighted by atomic mass is 9.87. The highest BCUT2D eigenvalue weighted by Crippen LogP contribution is 2.25. The molecule has 0 atom stereocenters. The van der Waals surface area contributed by atoms with Crippen LogP contribution in [0.15, 0.2) is 30.3 Å². The standard InChI is InChI=1S/C17H24N4/c1-11(2)16-20-14(18)10-15(21-16)19-13-8-6-12(7-9-13)17(3,4)5/h6-11H,1-5H3,(H3,18,19,20,21). The van der Waals surface area contributed by atoms with Gasteiger partial charge >= 0.3 is 0 Å².